The number of hydrogen-bond acceptors (Lipinski definition) is 9. The molecule has 3 fully saturated rings. The van der Waals surface area contributed by atoms with E-state index in [-0.39, 0.29) is 18.8 Å². The number of aliphatic hydroxyl groups excluding tert-OH is 1. The number of hydrogen-bond donors (Lipinski definition) is 2. The predicted octanol–water partition coefficient (Wildman–Crippen LogP) is 8.31. The van der Waals surface area contributed by atoms with Crippen LogP contribution in [0.5, 0.6) is 0 Å². The van der Waals surface area contributed by atoms with Crippen molar-refractivity contribution in [3.8, 4) is 0 Å². The lowest BCUT2D eigenvalue weighted by atomic mass is 9.45. The van der Waals surface area contributed by atoms with E-state index in [2.05, 4.69) is 69.2 Å². The van der Waals surface area contributed by atoms with E-state index in [1.165, 1.54) is 6.92 Å². The van der Waals surface area contributed by atoms with Gasteiger partial charge in [0, 0.05) is 31.1 Å². The molecule has 2 saturated carbocycles. The zero-order valence-corrected chi connectivity index (χ0v) is 38.2. The van der Waals surface area contributed by atoms with Gasteiger partial charge in [-0.05, 0) is 79.4 Å². The fraction of sp³-hybridized carbons (Fsp3) is 0.900. The highest BCUT2D eigenvalue weighted by molar-refractivity contribution is 6.74. The third-order valence-electron chi connectivity index (χ3n) is 15.6. The van der Waals surface area contributed by atoms with Crippen LogP contribution in [-0.2, 0) is 32.3 Å². The maximum Gasteiger partial charge on any atom is 0.303 e. The minimum absolute atomic E-state index is 0.0330. The third kappa shape index (κ3) is 6.57. The Morgan fingerprint density at radius 2 is 1.27 bits per heavy atom. The first kappa shape index (κ1) is 44.0. The van der Waals surface area contributed by atoms with Crippen LogP contribution in [0.4, 0.5) is 0 Å². The highest BCUT2D eigenvalue weighted by Crippen LogP contribution is 2.65. The van der Waals surface area contributed by atoms with E-state index in [0.29, 0.717) is 6.42 Å². The van der Waals surface area contributed by atoms with E-state index in [9.17, 15) is 15.0 Å². The van der Waals surface area contributed by atoms with Gasteiger partial charge in [0.2, 0.25) is 0 Å². The van der Waals surface area contributed by atoms with Gasteiger partial charge in [-0.15, -0.1) is 0 Å². The molecule has 1 saturated heterocycles. The molecule has 12 heteroatoms. The van der Waals surface area contributed by atoms with Crippen LogP contribution in [0.1, 0.15) is 110 Å². The molecule has 2 N–H and O–H groups in total. The summed E-state index contributed by atoms with van der Waals surface area (Å²) in [5.41, 5.74) is -3.89. The number of fused-ring (bicyclic) bond motifs is 5. The number of Topliss-reactive ketones (excluding diaryl/α,β-unsaturated/α-hetero) is 1. The van der Waals surface area contributed by atoms with Crippen molar-refractivity contribution in [3.05, 3.63) is 11.1 Å². The summed E-state index contributed by atoms with van der Waals surface area (Å²) < 4.78 is 34.6. The van der Waals surface area contributed by atoms with Gasteiger partial charge >= 0.3 is 5.97 Å². The zero-order valence-electron chi connectivity index (χ0n) is 35.2. The van der Waals surface area contributed by atoms with Gasteiger partial charge in [-0.2, -0.15) is 0 Å². The molecule has 300 valence electrons. The van der Waals surface area contributed by atoms with E-state index in [0.717, 1.165) is 65.5 Å². The molecule has 4 rings (SSSR count). The largest absolute Gasteiger partial charge is 0.454 e. The number of ketones is 1. The molecule has 9 nitrogen and oxygen atoms in total. The molecular weight excluding hydrogens is 709 g/mol. The first-order chi connectivity index (χ1) is 24.3. The number of ether oxygens (including phenoxy) is 2. The average molecular weight is 783 g/mol. The lowest BCUT2D eigenvalue weighted by Crippen LogP contribution is -2.82. The summed E-state index contributed by atoms with van der Waals surface area (Å²) in [6.45, 7) is 28.9. The number of carbonyl (C=O) groups is 2. The number of rotatable bonds is 16. The molecule has 2 bridgehead atoms. The minimum atomic E-state index is -2.48. The average Bonchev–Trinajstić information content (AvgIpc) is 3.12. The van der Waals surface area contributed by atoms with Gasteiger partial charge in [0.25, 0.3) is 0 Å². The van der Waals surface area contributed by atoms with Crippen molar-refractivity contribution in [2.75, 3.05) is 6.61 Å². The van der Waals surface area contributed by atoms with Crippen molar-refractivity contribution in [2.24, 2.45) is 16.7 Å². The standard InChI is InChI=1S/C40H74O9Si3/c1-15-50(16-2,17-3)47-29-25-40(44)36(43)34-38(14,35(42)33(32(27(29)10)37(40,12)13)49-52(21-7,22-8)23-9)30(48-51(18-4,19-5)20-6)24-31-39(34,26-45-31)46-28(11)41/h29-31,33-34,36,43-44H,15-26H2,1-14H3/t29-,30-,31+,33+,34-,36-,38+,39-,40+/m0/s1. The second kappa shape index (κ2) is 15.7. The lowest BCUT2D eigenvalue weighted by Gasteiger charge is -2.68. The summed E-state index contributed by atoms with van der Waals surface area (Å²) in [7, 11) is -7.05. The van der Waals surface area contributed by atoms with Crippen LogP contribution in [0.2, 0.25) is 54.4 Å². The fourth-order valence-electron chi connectivity index (χ4n) is 11.0. The van der Waals surface area contributed by atoms with E-state index in [4.69, 9.17) is 22.8 Å². The van der Waals surface area contributed by atoms with Gasteiger partial charge in [-0.3, -0.25) is 9.59 Å². The molecule has 1 heterocycles. The van der Waals surface area contributed by atoms with Crippen molar-refractivity contribution < 1.29 is 42.6 Å². The fourth-order valence-corrected chi connectivity index (χ4v) is 19.5. The van der Waals surface area contributed by atoms with Gasteiger partial charge in [-0.1, -0.05) is 76.2 Å². The van der Waals surface area contributed by atoms with Crippen molar-refractivity contribution in [1.29, 1.82) is 0 Å². The maximum atomic E-state index is 16.3. The number of aliphatic hydroxyl groups is 2. The van der Waals surface area contributed by atoms with Crippen molar-refractivity contribution >= 4 is 36.7 Å². The monoisotopic (exact) mass is 782 g/mol. The second-order valence-electron chi connectivity index (χ2n) is 17.4. The molecule has 3 aliphatic carbocycles. The first-order valence-corrected chi connectivity index (χ1v) is 28.4. The van der Waals surface area contributed by atoms with Gasteiger partial charge < -0.3 is 33.0 Å². The maximum absolute atomic E-state index is 16.3. The smallest absolute Gasteiger partial charge is 0.303 e. The summed E-state index contributed by atoms with van der Waals surface area (Å²) in [6, 6.07) is 7.92. The van der Waals surface area contributed by atoms with Crippen LogP contribution in [-0.4, -0.2) is 95.2 Å². The highest BCUT2D eigenvalue weighted by atomic mass is 28.4. The number of esters is 1. The predicted molar refractivity (Wildman–Crippen MR) is 214 cm³/mol. The van der Waals surface area contributed by atoms with E-state index in [1.807, 2.05) is 20.8 Å². The van der Waals surface area contributed by atoms with Gasteiger partial charge in [0.15, 0.2) is 36.3 Å². The van der Waals surface area contributed by atoms with Crippen molar-refractivity contribution in [3.63, 3.8) is 0 Å². The van der Waals surface area contributed by atoms with E-state index in [1.54, 1.807) is 0 Å². The summed E-state index contributed by atoms with van der Waals surface area (Å²) >= 11 is 0. The Balaban J connectivity index is 2.14. The van der Waals surface area contributed by atoms with Crippen LogP contribution >= 0.6 is 0 Å². The third-order valence-corrected chi connectivity index (χ3v) is 29.5. The second-order valence-corrected chi connectivity index (χ2v) is 31.6. The molecule has 0 radical (unpaired) electrons. The Morgan fingerprint density at radius 3 is 1.69 bits per heavy atom. The Hall–Kier alpha value is -0.709. The molecule has 0 unspecified atom stereocenters. The topological polar surface area (TPSA) is 121 Å². The first-order valence-electron chi connectivity index (χ1n) is 20.8. The van der Waals surface area contributed by atoms with Crippen LogP contribution in [0.25, 0.3) is 0 Å². The summed E-state index contributed by atoms with van der Waals surface area (Å²) in [4.78, 5) is 29.3. The van der Waals surface area contributed by atoms with E-state index < -0.39 is 89.4 Å². The Kier molecular flexibility index (Phi) is 13.3. The summed E-state index contributed by atoms with van der Waals surface area (Å²) in [6.07, 6.45) is -3.69. The Bertz CT molecular complexity index is 1320. The number of carbonyl (C=O) groups excluding carboxylic acids is 2. The van der Waals surface area contributed by atoms with Crippen LogP contribution < -0.4 is 0 Å². The van der Waals surface area contributed by atoms with Gasteiger partial charge in [-0.25, -0.2) is 0 Å². The normalized spacial score (nSPS) is 36.3. The van der Waals surface area contributed by atoms with Gasteiger partial charge in [0.05, 0.1) is 30.3 Å². The van der Waals surface area contributed by atoms with Crippen molar-refractivity contribution in [2.45, 2.75) is 206 Å². The molecule has 0 aromatic heterocycles. The van der Waals surface area contributed by atoms with Crippen molar-refractivity contribution in [1.82, 2.24) is 0 Å². The molecular formula is C40H74O9Si3. The molecule has 52 heavy (non-hydrogen) atoms. The molecule has 1 aliphatic heterocycles. The summed E-state index contributed by atoms with van der Waals surface area (Å²) in [5, 5.41) is 26.8. The summed E-state index contributed by atoms with van der Waals surface area (Å²) in [5.74, 6) is -1.67. The van der Waals surface area contributed by atoms with Crippen LogP contribution in [0.3, 0.4) is 0 Å². The van der Waals surface area contributed by atoms with Crippen LogP contribution in [0, 0.1) is 16.7 Å². The molecule has 4 aliphatic rings. The molecule has 9 atom stereocenters. The van der Waals surface area contributed by atoms with Crippen LogP contribution in [0.15, 0.2) is 11.1 Å². The Labute approximate surface area is 318 Å². The molecule has 0 amide bonds. The Morgan fingerprint density at radius 1 is 0.808 bits per heavy atom. The SMILES string of the molecule is CC[Si](CC)(CC)O[C@H]1C(=O)[C@]2(C)[C@@H](O[Si](CC)(CC)CC)C[C@H]3OC[C@@]3(OC(C)=O)[C@H]2[C@H](O)[C@]2(O)C[C@H](O[Si](CC)(CC)CC)C(C)=C1C2(C)C. The van der Waals surface area contributed by atoms with Gasteiger partial charge in [0.1, 0.15) is 17.8 Å². The lowest BCUT2D eigenvalue weighted by molar-refractivity contribution is -0.345. The highest BCUT2D eigenvalue weighted by Gasteiger charge is 2.77. The quantitative estimate of drug-likeness (QED) is 0.0905. The van der Waals surface area contributed by atoms with E-state index >= 15 is 4.79 Å². The zero-order chi connectivity index (χ0) is 39.3. The molecule has 0 spiro atoms. The minimum Gasteiger partial charge on any atom is -0.454 e. The molecule has 0 aromatic carbocycles. The molecule has 0 aromatic rings.